The molecule has 0 saturated carbocycles. The van der Waals surface area contributed by atoms with Gasteiger partial charge in [0.2, 0.25) is 0 Å². The van der Waals surface area contributed by atoms with Crippen molar-refractivity contribution in [3.05, 3.63) is 63.6 Å². The number of rotatable bonds is 4. The second-order valence-electron chi connectivity index (χ2n) is 5.91. The topological polar surface area (TPSA) is 53.9 Å². The summed E-state index contributed by atoms with van der Waals surface area (Å²) in [6.45, 7) is 5.12. The minimum Gasteiger partial charge on any atom is -0.378 e. The van der Waals surface area contributed by atoms with Crippen LogP contribution < -0.4 is 10.3 Å². The van der Waals surface area contributed by atoms with Crippen LogP contribution in [-0.2, 0) is 4.74 Å². The van der Waals surface area contributed by atoms with Crippen molar-refractivity contribution in [3.8, 4) is 0 Å². The van der Waals surface area contributed by atoms with Gasteiger partial charge in [-0.2, -0.15) is 5.10 Å². The van der Waals surface area contributed by atoms with E-state index in [2.05, 4.69) is 27.6 Å². The molecule has 3 rings (SSSR count). The lowest BCUT2D eigenvalue weighted by molar-refractivity contribution is 0.0955. The van der Waals surface area contributed by atoms with Crippen molar-refractivity contribution in [3.63, 3.8) is 0 Å². The Morgan fingerprint density at radius 2 is 1.81 bits per heavy atom. The van der Waals surface area contributed by atoms with Crippen molar-refractivity contribution in [2.45, 2.75) is 6.92 Å². The summed E-state index contributed by atoms with van der Waals surface area (Å²) in [5, 5.41) is 4.94. The van der Waals surface area contributed by atoms with Crippen LogP contribution in [0.4, 0.5) is 5.69 Å². The number of ether oxygens (including phenoxy) is 1. The molecule has 1 saturated heterocycles. The van der Waals surface area contributed by atoms with E-state index in [1.807, 2.05) is 19.1 Å². The fourth-order valence-electron chi connectivity index (χ4n) is 2.67. The van der Waals surface area contributed by atoms with Gasteiger partial charge in [-0.15, -0.1) is 0 Å². The van der Waals surface area contributed by atoms with E-state index in [9.17, 15) is 4.79 Å². The van der Waals surface area contributed by atoms with Gasteiger partial charge in [0, 0.05) is 23.8 Å². The van der Waals surface area contributed by atoms with E-state index < -0.39 is 5.91 Å². The van der Waals surface area contributed by atoms with E-state index in [1.165, 1.54) is 6.07 Å². The highest BCUT2D eigenvalue weighted by molar-refractivity contribution is 6.35. The van der Waals surface area contributed by atoms with Crippen molar-refractivity contribution >= 4 is 40.5 Å². The maximum absolute atomic E-state index is 12.2. The number of carbonyl (C=O) groups excluding carboxylic acids is 1. The van der Waals surface area contributed by atoms with Gasteiger partial charge in [0.15, 0.2) is 0 Å². The summed E-state index contributed by atoms with van der Waals surface area (Å²) in [7, 11) is 0. The molecule has 1 aliphatic heterocycles. The van der Waals surface area contributed by atoms with E-state index in [0.717, 1.165) is 37.6 Å². The number of hydrazone groups is 1. The number of nitrogens with zero attached hydrogens (tertiary/aromatic N) is 2. The Kier molecular flexibility index (Phi) is 6.14. The van der Waals surface area contributed by atoms with Gasteiger partial charge in [0.05, 0.1) is 29.5 Å². The zero-order valence-electron chi connectivity index (χ0n) is 14.3. The molecule has 0 bridgehead atoms. The number of anilines is 1. The van der Waals surface area contributed by atoms with Crippen LogP contribution in [0.5, 0.6) is 0 Å². The fourth-order valence-corrected chi connectivity index (χ4v) is 3.04. The number of benzene rings is 2. The van der Waals surface area contributed by atoms with Crippen molar-refractivity contribution in [2.75, 3.05) is 31.2 Å². The number of morpholine rings is 1. The molecule has 1 aliphatic rings. The first kappa shape index (κ1) is 18.7. The third-order valence-electron chi connectivity index (χ3n) is 4.16. The molecular weight excluding hydrogens is 373 g/mol. The summed E-state index contributed by atoms with van der Waals surface area (Å²) in [5.41, 5.74) is 5.59. The second-order valence-corrected chi connectivity index (χ2v) is 6.75. The van der Waals surface area contributed by atoms with Gasteiger partial charge in [-0.3, -0.25) is 4.79 Å². The van der Waals surface area contributed by atoms with Crippen LogP contribution in [0.1, 0.15) is 22.8 Å². The van der Waals surface area contributed by atoms with Gasteiger partial charge < -0.3 is 9.64 Å². The summed E-state index contributed by atoms with van der Waals surface area (Å²) in [4.78, 5) is 14.5. The van der Waals surface area contributed by atoms with Gasteiger partial charge >= 0.3 is 0 Å². The standard InChI is InChI=1S/C19H19Cl2N3O2/c1-13(22-23-19(25)17-12-15(20)4-7-18(17)21)14-2-5-16(6-3-14)24-8-10-26-11-9-24/h2-7,12H,8-11H2,1H3,(H,23,25)/b22-13-. The number of nitrogens with one attached hydrogen (secondary N) is 1. The van der Waals surface area contributed by atoms with Crippen LogP contribution in [0, 0.1) is 0 Å². The van der Waals surface area contributed by atoms with E-state index in [1.54, 1.807) is 12.1 Å². The molecule has 1 amide bonds. The lowest BCUT2D eigenvalue weighted by Crippen LogP contribution is -2.36. The fraction of sp³-hybridized carbons (Fsp3) is 0.263. The zero-order valence-corrected chi connectivity index (χ0v) is 15.8. The van der Waals surface area contributed by atoms with E-state index in [-0.39, 0.29) is 0 Å². The highest BCUT2D eigenvalue weighted by Gasteiger charge is 2.12. The molecule has 26 heavy (non-hydrogen) atoms. The van der Waals surface area contributed by atoms with Crippen LogP contribution in [-0.4, -0.2) is 37.9 Å². The molecule has 0 aliphatic carbocycles. The van der Waals surface area contributed by atoms with Gasteiger partial charge in [-0.1, -0.05) is 35.3 Å². The summed E-state index contributed by atoms with van der Waals surface area (Å²) in [6.07, 6.45) is 0. The predicted octanol–water partition coefficient (Wildman–Crippen LogP) is 3.98. The van der Waals surface area contributed by atoms with Crippen LogP contribution >= 0.6 is 23.2 Å². The van der Waals surface area contributed by atoms with Gasteiger partial charge in [0.25, 0.3) is 5.91 Å². The van der Waals surface area contributed by atoms with Crippen molar-refractivity contribution < 1.29 is 9.53 Å². The Labute approximate surface area is 162 Å². The highest BCUT2D eigenvalue weighted by atomic mass is 35.5. The SMILES string of the molecule is C/C(=N/NC(=O)c1cc(Cl)ccc1Cl)c1ccc(N2CCOCC2)cc1. The molecule has 1 heterocycles. The lowest BCUT2D eigenvalue weighted by Gasteiger charge is -2.28. The quantitative estimate of drug-likeness (QED) is 0.633. The third kappa shape index (κ3) is 4.55. The Morgan fingerprint density at radius 3 is 2.50 bits per heavy atom. The molecule has 2 aromatic rings. The molecule has 0 radical (unpaired) electrons. The second kappa shape index (κ2) is 8.54. The van der Waals surface area contributed by atoms with Gasteiger partial charge in [-0.25, -0.2) is 5.43 Å². The Balaban J connectivity index is 1.67. The van der Waals surface area contributed by atoms with E-state index in [0.29, 0.717) is 21.3 Å². The molecule has 2 aromatic carbocycles. The number of hydrogen-bond acceptors (Lipinski definition) is 4. The number of halogens is 2. The first-order valence-corrected chi connectivity index (χ1v) is 9.03. The first-order chi connectivity index (χ1) is 12.5. The Hall–Kier alpha value is -2.08. The smallest absolute Gasteiger partial charge is 0.272 e. The Morgan fingerprint density at radius 1 is 1.12 bits per heavy atom. The van der Waals surface area contributed by atoms with Gasteiger partial charge in [0.1, 0.15) is 0 Å². The zero-order chi connectivity index (χ0) is 18.5. The van der Waals surface area contributed by atoms with E-state index in [4.69, 9.17) is 27.9 Å². The average Bonchev–Trinajstić information content (AvgIpc) is 2.68. The molecule has 1 N–H and O–H groups in total. The molecule has 136 valence electrons. The number of hydrogen-bond donors (Lipinski definition) is 1. The lowest BCUT2D eigenvalue weighted by atomic mass is 10.1. The maximum Gasteiger partial charge on any atom is 0.272 e. The molecular formula is C19H19Cl2N3O2. The minimum atomic E-state index is -0.401. The molecule has 0 aromatic heterocycles. The third-order valence-corrected chi connectivity index (χ3v) is 4.72. The molecule has 0 spiro atoms. The highest BCUT2D eigenvalue weighted by Crippen LogP contribution is 2.20. The van der Waals surface area contributed by atoms with Crippen LogP contribution in [0.2, 0.25) is 10.0 Å². The van der Waals surface area contributed by atoms with Crippen molar-refractivity contribution in [2.24, 2.45) is 5.10 Å². The Bertz CT molecular complexity index is 816. The molecule has 0 unspecified atom stereocenters. The monoisotopic (exact) mass is 391 g/mol. The van der Waals surface area contributed by atoms with E-state index >= 15 is 0 Å². The predicted molar refractivity (Wildman–Crippen MR) is 106 cm³/mol. The maximum atomic E-state index is 12.2. The van der Waals surface area contributed by atoms with Crippen molar-refractivity contribution in [1.29, 1.82) is 0 Å². The first-order valence-electron chi connectivity index (χ1n) is 8.27. The average molecular weight is 392 g/mol. The van der Waals surface area contributed by atoms with Crippen LogP contribution in [0.25, 0.3) is 0 Å². The number of amides is 1. The molecule has 7 heteroatoms. The molecule has 1 fully saturated rings. The molecule has 0 atom stereocenters. The largest absolute Gasteiger partial charge is 0.378 e. The summed E-state index contributed by atoms with van der Waals surface area (Å²) in [6, 6.07) is 12.8. The molecule has 5 nitrogen and oxygen atoms in total. The van der Waals surface area contributed by atoms with Gasteiger partial charge in [-0.05, 0) is 42.8 Å². The normalized spacial score (nSPS) is 15.0. The van der Waals surface area contributed by atoms with Crippen LogP contribution in [0.3, 0.4) is 0 Å². The number of carbonyl (C=O) groups is 1. The minimum absolute atomic E-state index is 0.290. The summed E-state index contributed by atoms with van der Waals surface area (Å²) in [5.74, 6) is -0.401. The van der Waals surface area contributed by atoms with Crippen molar-refractivity contribution in [1.82, 2.24) is 5.43 Å². The van der Waals surface area contributed by atoms with Crippen LogP contribution in [0.15, 0.2) is 47.6 Å². The summed E-state index contributed by atoms with van der Waals surface area (Å²) < 4.78 is 5.37. The summed E-state index contributed by atoms with van der Waals surface area (Å²) >= 11 is 11.9.